The van der Waals surface area contributed by atoms with Crippen LogP contribution < -0.4 is 11.1 Å². The maximum absolute atomic E-state index is 11.2. The van der Waals surface area contributed by atoms with E-state index in [0.29, 0.717) is 22.9 Å². The minimum atomic E-state index is -1.07. The zero-order chi connectivity index (χ0) is 14.0. The number of carbonyl (C=O) groups is 1. The molecule has 0 atom stereocenters. The number of nitrogen functional groups attached to an aromatic ring is 1. The Bertz CT molecular complexity index is 627. The molecule has 7 heteroatoms. The van der Waals surface area contributed by atoms with Gasteiger partial charge in [0.05, 0.1) is 27.8 Å². The fourth-order valence-electron chi connectivity index (χ4n) is 1.64. The molecule has 19 heavy (non-hydrogen) atoms. The second-order valence-electron chi connectivity index (χ2n) is 3.93. The van der Waals surface area contributed by atoms with Crippen LogP contribution in [0.3, 0.4) is 0 Å². The molecular weight excluding hydrogens is 286 g/mol. The SMILES string of the molecule is Cc1ncc(CNc2c(Cl)cc(N)cc2C(=O)O)s1. The van der Waals surface area contributed by atoms with Crippen LogP contribution in [0.4, 0.5) is 11.4 Å². The third-order valence-corrected chi connectivity index (χ3v) is 3.66. The van der Waals surface area contributed by atoms with Crippen LogP contribution in [-0.4, -0.2) is 16.1 Å². The van der Waals surface area contributed by atoms with Gasteiger partial charge in [-0.25, -0.2) is 9.78 Å². The van der Waals surface area contributed by atoms with Gasteiger partial charge in [-0.2, -0.15) is 0 Å². The lowest BCUT2D eigenvalue weighted by Gasteiger charge is -2.11. The third kappa shape index (κ3) is 3.15. The van der Waals surface area contributed by atoms with Crippen LogP contribution in [-0.2, 0) is 6.54 Å². The summed E-state index contributed by atoms with van der Waals surface area (Å²) in [6, 6.07) is 2.91. The Labute approximate surface area is 119 Å². The van der Waals surface area contributed by atoms with Gasteiger partial charge in [0.25, 0.3) is 0 Å². The number of aryl methyl sites for hydroxylation is 1. The first-order valence-corrected chi connectivity index (χ1v) is 6.64. The third-order valence-electron chi connectivity index (χ3n) is 2.45. The number of aromatic nitrogens is 1. The van der Waals surface area contributed by atoms with Crippen molar-refractivity contribution in [3.8, 4) is 0 Å². The van der Waals surface area contributed by atoms with Crippen LogP contribution >= 0.6 is 22.9 Å². The van der Waals surface area contributed by atoms with Crippen LogP contribution in [0.5, 0.6) is 0 Å². The number of rotatable bonds is 4. The van der Waals surface area contributed by atoms with Crippen molar-refractivity contribution >= 4 is 40.3 Å². The standard InChI is InChI=1S/C12H12ClN3O2S/c1-6-15-4-8(19-6)5-16-11-9(12(17)18)2-7(14)3-10(11)13/h2-4,16H,5,14H2,1H3,(H,17,18). The molecule has 0 unspecified atom stereocenters. The summed E-state index contributed by atoms with van der Waals surface area (Å²) in [5.74, 6) is -1.07. The second kappa shape index (κ2) is 5.46. The Morgan fingerprint density at radius 1 is 1.58 bits per heavy atom. The number of hydrogen-bond acceptors (Lipinski definition) is 5. The molecule has 1 aromatic carbocycles. The van der Waals surface area contributed by atoms with E-state index in [1.54, 1.807) is 17.5 Å². The van der Waals surface area contributed by atoms with E-state index in [1.165, 1.54) is 12.1 Å². The summed E-state index contributed by atoms with van der Waals surface area (Å²) in [4.78, 5) is 16.3. The van der Waals surface area contributed by atoms with E-state index < -0.39 is 5.97 Å². The molecular formula is C12H12ClN3O2S. The first-order chi connectivity index (χ1) is 8.97. The maximum Gasteiger partial charge on any atom is 0.337 e. The Kier molecular flexibility index (Phi) is 3.92. The quantitative estimate of drug-likeness (QED) is 0.755. The van der Waals surface area contributed by atoms with E-state index in [-0.39, 0.29) is 5.56 Å². The largest absolute Gasteiger partial charge is 0.478 e. The van der Waals surface area contributed by atoms with Gasteiger partial charge in [0.2, 0.25) is 0 Å². The van der Waals surface area contributed by atoms with Crippen molar-refractivity contribution in [2.24, 2.45) is 0 Å². The van der Waals surface area contributed by atoms with Gasteiger partial charge >= 0.3 is 5.97 Å². The summed E-state index contributed by atoms with van der Waals surface area (Å²) in [5, 5.41) is 13.4. The molecule has 0 radical (unpaired) electrons. The minimum absolute atomic E-state index is 0.0613. The average molecular weight is 298 g/mol. The number of carboxylic acids is 1. The summed E-state index contributed by atoms with van der Waals surface area (Å²) in [6.07, 6.45) is 1.75. The Morgan fingerprint density at radius 2 is 2.32 bits per heavy atom. The molecule has 0 bridgehead atoms. The molecule has 5 nitrogen and oxygen atoms in total. The topological polar surface area (TPSA) is 88.2 Å². The summed E-state index contributed by atoms with van der Waals surface area (Å²) in [6.45, 7) is 2.38. The minimum Gasteiger partial charge on any atom is -0.478 e. The molecule has 0 saturated carbocycles. The van der Waals surface area contributed by atoms with Crippen molar-refractivity contribution in [3.05, 3.63) is 38.8 Å². The highest BCUT2D eigenvalue weighted by molar-refractivity contribution is 7.11. The molecule has 1 aromatic heterocycles. The molecule has 0 amide bonds. The summed E-state index contributed by atoms with van der Waals surface area (Å²) in [5.41, 5.74) is 6.35. The number of aromatic carboxylic acids is 1. The van der Waals surface area contributed by atoms with Gasteiger partial charge in [-0.05, 0) is 19.1 Å². The highest BCUT2D eigenvalue weighted by atomic mass is 35.5. The monoisotopic (exact) mass is 297 g/mol. The molecule has 0 saturated heterocycles. The average Bonchev–Trinajstić information content (AvgIpc) is 2.73. The molecule has 2 rings (SSSR count). The van der Waals surface area contributed by atoms with Crippen LogP contribution in [0.25, 0.3) is 0 Å². The predicted molar refractivity (Wildman–Crippen MR) is 77.0 cm³/mol. The van der Waals surface area contributed by atoms with Gasteiger partial charge in [-0.1, -0.05) is 11.6 Å². The fourth-order valence-corrected chi connectivity index (χ4v) is 2.67. The van der Waals surface area contributed by atoms with Crippen LogP contribution in [0, 0.1) is 6.92 Å². The first-order valence-electron chi connectivity index (χ1n) is 5.45. The highest BCUT2D eigenvalue weighted by Gasteiger charge is 2.14. The molecule has 0 spiro atoms. The zero-order valence-corrected chi connectivity index (χ0v) is 11.7. The number of benzene rings is 1. The molecule has 0 fully saturated rings. The number of hydrogen-bond donors (Lipinski definition) is 3. The molecule has 0 aliphatic carbocycles. The summed E-state index contributed by atoms with van der Waals surface area (Å²) in [7, 11) is 0. The number of nitrogens with zero attached hydrogens (tertiary/aromatic N) is 1. The number of anilines is 2. The molecule has 4 N–H and O–H groups in total. The van der Waals surface area contributed by atoms with Crippen LogP contribution in [0.15, 0.2) is 18.3 Å². The van der Waals surface area contributed by atoms with Gasteiger partial charge in [0.15, 0.2) is 0 Å². The Balaban J connectivity index is 2.26. The van der Waals surface area contributed by atoms with Gasteiger partial charge in [-0.15, -0.1) is 11.3 Å². The molecule has 2 aromatic rings. The summed E-state index contributed by atoms with van der Waals surface area (Å²) >= 11 is 7.57. The van der Waals surface area contributed by atoms with E-state index in [1.807, 2.05) is 6.92 Å². The van der Waals surface area contributed by atoms with E-state index in [2.05, 4.69) is 10.3 Å². The predicted octanol–water partition coefficient (Wildman–Crippen LogP) is 3.00. The number of thiazole rings is 1. The lowest BCUT2D eigenvalue weighted by molar-refractivity contribution is 0.0698. The normalized spacial score (nSPS) is 10.4. The highest BCUT2D eigenvalue weighted by Crippen LogP contribution is 2.30. The number of nitrogens with one attached hydrogen (secondary N) is 1. The summed E-state index contributed by atoms with van der Waals surface area (Å²) < 4.78 is 0. The van der Waals surface area contributed by atoms with Gasteiger partial charge < -0.3 is 16.2 Å². The van der Waals surface area contributed by atoms with Crippen molar-refractivity contribution in [1.29, 1.82) is 0 Å². The van der Waals surface area contributed by atoms with Crippen molar-refractivity contribution in [2.75, 3.05) is 11.1 Å². The first kappa shape index (κ1) is 13.6. The van der Waals surface area contributed by atoms with Crippen molar-refractivity contribution < 1.29 is 9.90 Å². The van der Waals surface area contributed by atoms with Crippen molar-refractivity contribution in [2.45, 2.75) is 13.5 Å². The Morgan fingerprint density at radius 3 is 2.89 bits per heavy atom. The lowest BCUT2D eigenvalue weighted by atomic mass is 10.1. The van der Waals surface area contributed by atoms with Gasteiger partial charge in [0.1, 0.15) is 0 Å². The molecule has 1 heterocycles. The van der Waals surface area contributed by atoms with Crippen molar-refractivity contribution in [1.82, 2.24) is 4.98 Å². The number of halogens is 1. The molecule has 0 aliphatic heterocycles. The van der Waals surface area contributed by atoms with E-state index >= 15 is 0 Å². The molecule has 0 aliphatic rings. The fraction of sp³-hybridized carbons (Fsp3) is 0.167. The van der Waals surface area contributed by atoms with Gasteiger partial charge in [-0.3, -0.25) is 0 Å². The van der Waals surface area contributed by atoms with Gasteiger partial charge in [0, 0.05) is 16.8 Å². The number of nitrogens with two attached hydrogens (primary N) is 1. The maximum atomic E-state index is 11.2. The lowest BCUT2D eigenvalue weighted by Crippen LogP contribution is -2.07. The van der Waals surface area contributed by atoms with E-state index in [4.69, 9.17) is 22.4 Å². The van der Waals surface area contributed by atoms with Crippen LogP contribution in [0.1, 0.15) is 20.2 Å². The van der Waals surface area contributed by atoms with Crippen molar-refractivity contribution in [3.63, 3.8) is 0 Å². The van der Waals surface area contributed by atoms with E-state index in [0.717, 1.165) is 9.88 Å². The van der Waals surface area contributed by atoms with Crippen LogP contribution in [0.2, 0.25) is 5.02 Å². The second-order valence-corrected chi connectivity index (χ2v) is 5.66. The van der Waals surface area contributed by atoms with E-state index in [9.17, 15) is 4.79 Å². The number of carboxylic acid groups (broad SMARTS) is 1. The Hall–Kier alpha value is -1.79. The molecule has 100 valence electrons. The zero-order valence-electron chi connectivity index (χ0n) is 10.1. The smallest absolute Gasteiger partial charge is 0.337 e.